The molecular weight excluding hydrogens is 438 g/mol. The fourth-order valence-electron chi connectivity index (χ4n) is 6.86. The van der Waals surface area contributed by atoms with E-state index in [0.29, 0.717) is 24.0 Å². The van der Waals surface area contributed by atoms with Crippen molar-refractivity contribution < 1.29 is 13.5 Å². The van der Waals surface area contributed by atoms with Crippen molar-refractivity contribution in [2.75, 3.05) is 6.61 Å². The monoisotopic (exact) mass is 484 g/mol. The van der Waals surface area contributed by atoms with Crippen LogP contribution in [0.5, 0.6) is 5.75 Å². The lowest BCUT2D eigenvalue weighted by molar-refractivity contribution is 0.155. The number of unbranched alkanes of at least 4 members (excludes halogenated alkanes) is 1. The smallest absolute Gasteiger partial charge is 0.200 e. The minimum absolute atomic E-state index is 0.0873. The molecule has 3 aliphatic carbocycles. The van der Waals surface area contributed by atoms with Crippen LogP contribution < -0.4 is 4.74 Å². The van der Waals surface area contributed by atoms with Gasteiger partial charge in [-0.3, -0.25) is 0 Å². The van der Waals surface area contributed by atoms with Crippen LogP contribution in [0.2, 0.25) is 0 Å². The van der Waals surface area contributed by atoms with Gasteiger partial charge in [-0.1, -0.05) is 50.1 Å². The summed E-state index contributed by atoms with van der Waals surface area (Å²) in [5, 5.41) is 0. The first-order valence-electron chi connectivity index (χ1n) is 14.5. The number of hydrogen-bond donors (Lipinski definition) is 0. The van der Waals surface area contributed by atoms with Crippen molar-refractivity contribution in [3.63, 3.8) is 0 Å². The van der Waals surface area contributed by atoms with Crippen LogP contribution in [0.15, 0.2) is 36.4 Å². The maximum absolute atomic E-state index is 14.9. The van der Waals surface area contributed by atoms with Crippen molar-refractivity contribution >= 4 is 0 Å². The third-order valence-electron chi connectivity index (χ3n) is 9.15. The Balaban J connectivity index is 1.23. The normalized spacial score (nSPS) is 31.7. The predicted octanol–water partition coefficient (Wildman–Crippen LogP) is 9.77. The lowest BCUT2D eigenvalue weighted by Gasteiger charge is -2.35. The van der Waals surface area contributed by atoms with Gasteiger partial charge in [0.15, 0.2) is 11.6 Å². The molecule has 0 aliphatic heterocycles. The summed E-state index contributed by atoms with van der Waals surface area (Å²) in [5.41, 5.74) is 0.534. The highest BCUT2D eigenvalue weighted by atomic mass is 19.2. The van der Waals surface area contributed by atoms with Crippen LogP contribution in [-0.2, 0) is 0 Å². The summed E-state index contributed by atoms with van der Waals surface area (Å²) in [4.78, 5) is 0. The molecule has 1 nitrogen and oxygen atoms in total. The van der Waals surface area contributed by atoms with E-state index in [9.17, 15) is 8.78 Å². The average Bonchev–Trinajstić information content (AvgIpc) is 2.90. The average molecular weight is 485 g/mol. The molecule has 0 aromatic heterocycles. The first kappa shape index (κ1) is 26.4. The van der Waals surface area contributed by atoms with Gasteiger partial charge in [-0.15, -0.1) is 0 Å². The maximum atomic E-state index is 14.9. The molecule has 4 rings (SSSR count). The number of halogens is 2. The topological polar surface area (TPSA) is 9.23 Å². The van der Waals surface area contributed by atoms with Crippen LogP contribution in [0, 0.1) is 41.2 Å². The number of allylic oxidation sites excluding steroid dienone is 4. The maximum Gasteiger partial charge on any atom is 0.200 e. The SMILES string of the molecule is C/C=C/C1CCC(c2ccc(OCC3CCC(C4C=CC(CCCC)CC4)CC3)c(F)c2F)CC1. The molecular formula is C32H46F2O. The second-order valence-corrected chi connectivity index (χ2v) is 11.5. The van der Waals surface area contributed by atoms with Crippen LogP contribution in [0.3, 0.4) is 0 Å². The minimum Gasteiger partial charge on any atom is -0.490 e. The Hall–Kier alpha value is -1.64. The molecule has 0 N–H and O–H groups in total. The molecule has 194 valence electrons. The van der Waals surface area contributed by atoms with E-state index in [4.69, 9.17) is 4.74 Å². The lowest BCUT2D eigenvalue weighted by Crippen LogP contribution is -2.25. The largest absolute Gasteiger partial charge is 0.490 e. The molecule has 3 aliphatic rings. The van der Waals surface area contributed by atoms with E-state index >= 15 is 0 Å². The van der Waals surface area contributed by atoms with Crippen LogP contribution in [0.4, 0.5) is 8.78 Å². The van der Waals surface area contributed by atoms with Crippen LogP contribution in [0.25, 0.3) is 0 Å². The van der Waals surface area contributed by atoms with E-state index in [-0.39, 0.29) is 11.7 Å². The Morgan fingerprint density at radius 2 is 1.66 bits per heavy atom. The Kier molecular flexibility index (Phi) is 9.86. The first-order chi connectivity index (χ1) is 17.1. The molecule has 0 radical (unpaired) electrons. The molecule has 0 heterocycles. The zero-order valence-corrected chi connectivity index (χ0v) is 22.0. The van der Waals surface area contributed by atoms with Gasteiger partial charge in [0.05, 0.1) is 6.61 Å². The predicted molar refractivity (Wildman–Crippen MR) is 142 cm³/mol. The minimum atomic E-state index is -0.795. The van der Waals surface area contributed by atoms with Gasteiger partial charge >= 0.3 is 0 Å². The van der Waals surface area contributed by atoms with E-state index in [1.807, 2.05) is 6.92 Å². The van der Waals surface area contributed by atoms with Crippen molar-refractivity contribution in [3.05, 3.63) is 53.6 Å². The second-order valence-electron chi connectivity index (χ2n) is 11.5. The van der Waals surface area contributed by atoms with Crippen molar-refractivity contribution in [3.8, 4) is 5.75 Å². The fraction of sp³-hybridized carbons (Fsp3) is 0.688. The molecule has 0 amide bonds. The number of ether oxygens (including phenoxy) is 1. The fourth-order valence-corrected chi connectivity index (χ4v) is 6.86. The van der Waals surface area contributed by atoms with E-state index < -0.39 is 11.6 Å². The number of rotatable bonds is 9. The molecule has 35 heavy (non-hydrogen) atoms. The van der Waals surface area contributed by atoms with Crippen molar-refractivity contribution in [2.45, 2.75) is 103 Å². The molecule has 2 unspecified atom stereocenters. The summed E-state index contributed by atoms with van der Waals surface area (Å²) < 4.78 is 35.6. The second kappa shape index (κ2) is 13.1. The molecule has 3 heteroatoms. The van der Waals surface area contributed by atoms with Gasteiger partial charge in [0.2, 0.25) is 5.82 Å². The Labute approximate surface area is 212 Å². The molecule has 0 saturated heterocycles. The van der Waals surface area contributed by atoms with Crippen LogP contribution in [-0.4, -0.2) is 6.61 Å². The summed E-state index contributed by atoms with van der Waals surface area (Å²) >= 11 is 0. The highest BCUT2D eigenvalue weighted by molar-refractivity contribution is 5.33. The Bertz CT molecular complexity index is 843. The summed E-state index contributed by atoms with van der Waals surface area (Å²) in [6, 6.07) is 3.44. The van der Waals surface area contributed by atoms with E-state index in [2.05, 4.69) is 31.2 Å². The van der Waals surface area contributed by atoms with Gasteiger partial charge in [0.1, 0.15) is 0 Å². The molecule has 2 fully saturated rings. The van der Waals surface area contributed by atoms with Gasteiger partial charge in [-0.05, 0) is 125 Å². The summed E-state index contributed by atoms with van der Waals surface area (Å²) in [7, 11) is 0. The van der Waals surface area contributed by atoms with Gasteiger partial charge in [-0.2, -0.15) is 4.39 Å². The van der Waals surface area contributed by atoms with Gasteiger partial charge in [-0.25, -0.2) is 4.39 Å². The highest BCUT2D eigenvalue weighted by Gasteiger charge is 2.29. The number of benzene rings is 1. The lowest BCUT2D eigenvalue weighted by atomic mass is 9.71. The Morgan fingerprint density at radius 3 is 2.31 bits per heavy atom. The van der Waals surface area contributed by atoms with Crippen molar-refractivity contribution in [2.24, 2.45) is 29.6 Å². The quantitative estimate of drug-likeness (QED) is 0.317. The molecule has 2 saturated carbocycles. The molecule has 0 spiro atoms. The van der Waals surface area contributed by atoms with Crippen LogP contribution >= 0.6 is 0 Å². The standard InChI is InChI=1S/C32H46F2O/c1-3-5-7-24-8-14-26(15-9-24)27-16-12-25(13-17-27)22-35-30-21-20-29(31(33)32(30)34)28-18-10-23(6-4-2)11-19-28/h4,6,8,14,20-21,23-28H,3,5,7,9-13,15-19,22H2,1-2H3/b6-4+. The van der Waals surface area contributed by atoms with E-state index in [0.717, 1.165) is 56.3 Å². The molecule has 2 atom stereocenters. The third kappa shape index (κ3) is 6.98. The van der Waals surface area contributed by atoms with Crippen LogP contribution in [0.1, 0.15) is 109 Å². The Morgan fingerprint density at radius 1 is 0.886 bits per heavy atom. The van der Waals surface area contributed by atoms with Gasteiger partial charge < -0.3 is 4.74 Å². The highest BCUT2D eigenvalue weighted by Crippen LogP contribution is 2.41. The molecule has 0 bridgehead atoms. The third-order valence-corrected chi connectivity index (χ3v) is 9.15. The first-order valence-corrected chi connectivity index (χ1v) is 14.5. The molecule has 1 aromatic carbocycles. The zero-order chi connectivity index (χ0) is 24.6. The van der Waals surface area contributed by atoms with E-state index in [1.54, 1.807) is 12.1 Å². The van der Waals surface area contributed by atoms with Crippen molar-refractivity contribution in [1.82, 2.24) is 0 Å². The molecule has 1 aromatic rings. The van der Waals surface area contributed by atoms with Crippen molar-refractivity contribution in [1.29, 1.82) is 0 Å². The van der Waals surface area contributed by atoms with Gasteiger partial charge in [0, 0.05) is 0 Å². The number of hydrogen-bond acceptors (Lipinski definition) is 1. The summed E-state index contributed by atoms with van der Waals surface area (Å²) in [6.45, 7) is 4.81. The summed E-state index contributed by atoms with van der Waals surface area (Å²) in [5.74, 6) is 2.06. The van der Waals surface area contributed by atoms with E-state index in [1.165, 1.54) is 44.9 Å². The zero-order valence-electron chi connectivity index (χ0n) is 22.0. The van der Waals surface area contributed by atoms with Gasteiger partial charge in [0.25, 0.3) is 0 Å². The summed E-state index contributed by atoms with van der Waals surface area (Å²) in [6.07, 6.45) is 24.7.